The first kappa shape index (κ1) is 32.7. The number of carbonyl (C=O) groups is 2. The van der Waals surface area contributed by atoms with Gasteiger partial charge in [-0.15, -0.1) is 0 Å². The number of fused-ring (bicyclic) bond motifs is 1. The van der Waals surface area contributed by atoms with Crippen LogP contribution in [0.3, 0.4) is 0 Å². The molecule has 2 aromatic heterocycles. The Morgan fingerprint density at radius 1 is 0.857 bits per heavy atom. The molecule has 0 fully saturated rings. The lowest BCUT2D eigenvalue weighted by molar-refractivity contribution is 0.0997. The Morgan fingerprint density at radius 2 is 1.63 bits per heavy atom. The number of imidazole rings is 1. The van der Waals surface area contributed by atoms with E-state index in [9.17, 15) is 14.4 Å². The number of hydrogen-bond acceptors (Lipinski definition) is 8. The van der Waals surface area contributed by atoms with E-state index in [4.69, 9.17) is 13.9 Å². The van der Waals surface area contributed by atoms with Crippen molar-refractivity contribution in [3.8, 4) is 17.2 Å². The zero-order chi connectivity index (χ0) is 34.3. The molecule has 0 atom stereocenters. The van der Waals surface area contributed by atoms with E-state index in [2.05, 4.69) is 51.8 Å². The van der Waals surface area contributed by atoms with Crippen molar-refractivity contribution in [2.45, 2.75) is 13.0 Å². The minimum absolute atomic E-state index is 0.122. The third kappa shape index (κ3) is 7.69. The summed E-state index contributed by atoms with van der Waals surface area (Å²) in [6.45, 7) is 1.64. The number of nitrogens with zero attached hydrogens (tertiary/aromatic N) is 3. The number of aromatic nitrogens is 2. The number of amides is 2. The summed E-state index contributed by atoms with van der Waals surface area (Å²) < 4.78 is 18.5. The zero-order valence-corrected chi connectivity index (χ0v) is 27.3. The number of para-hydroxylation sites is 1. The molecule has 0 saturated heterocycles. The van der Waals surface area contributed by atoms with Gasteiger partial charge in [-0.25, -0.2) is 4.98 Å². The van der Waals surface area contributed by atoms with Crippen LogP contribution in [0.15, 0.2) is 119 Å². The van der Waals surface area contributed by atoms with Gasteiger partial charge >= 0.3 is 0 Å². The van der Waals surface area contributed by atoms with Crippen LogP contribution in [0.25, 0.3) is 16.7 Å². The highest BCUT2D eigenvalue weighted by molar-refractivity contribution is 6.12. The van der Waals surface area contributed by atoms with Crippen molar-refractivity contribution >= 4 is 34.2 Å². The first-order valence-electron chi connectivity index (χ1n) is 15.6. The predicted octanol–water partition coefficient (Wildman–Crippen LogP) is 6.18. The third-order valence-electron chi connectivity index (χ3n) is 8.03. The molecule has 0 saturated carbocycles. The highest BCUT2D eigenvalue weighted by Gasteiger charge is 2.21. The van der Waals surface area contributed by atoms with Crippen molar-refractivity contribution in [2.24, 2.45) is 0 Å². The number of carbonyl (C=O) groups excluding carboxylic acids is 2. The third-order valence-corrected chi connectivity index (χ3v) is 8.03. The minimum Gasteiger partial charge on any atom is -0.493 e. The van der Waals surface area contributed by atoms with Crippen molar-refractivity contribution in [3.63, 3.8) is 0 Å². The number of benzene rings is 4. The summed E-state index contributed by atoms with van der Waals surface area (Å²) in [6.07, 6.45) is 6.30. The molecule has 11 nitrogen and oxygen atoms in total. The maximum atomic E-state index is 13.6. The van der Waals surface area contributed by atoms with E-state index < -0.39 is 11.8 Å². The van der Waals surface area contributed by atoms with E-state index in [0.29, 0.717) is 22.6 Å². The lowest BCUT2D eigenvalue weighted by atomic mass is 10.1. The van der Waals surface area contributed by atoms with Crippen molar-refractivity contribution in [3.05, 3.63) is 142 Å². The van der Waals surface area contributed by atoms with Gasteiger partial charge in [0.15, 0.2) is 22.7 Å². The summed E-state index contributed by atoms with van der Waals surface area (Å²) >= 11 is 0. The van der Waals surface area contributed by atoms with Gasteiger partial charge in [-0.3, -0.25) is 14.4 Å². The quantitative estimate of drug-likeness (QED) is 0.160. The minimum atomic E-state index is -0.704. The zero-order valence-electron chi connectivity index (χ0n) is 27.3. The molecule has 0 radical (unpaired) electrons. The smallest absolute Gasteiger partial charge is 0.291 e. The second-order valence-corrected chi connectivity index (χ2v) is 11.5. The number of rotatable bonds is 12. The topological polar surface area (TPSA) is 128 Å². The molecule has 2 N–H and O–H groups in total. The average Bonchev–Trinajstić information content (AvgIpc) is 3.67. The fourth-order valence-corrected chi connectivity index (χ4v) is 5.46. The SMILES string of the molecule is COc1cc(NC(=O)c2cc(=O)c3ccccc3o2)c(C(=O)Nc2ccc(CCN(C)Cc3cccc(-n4ccnc4)c3)cc2)cc1OC. The largest absolute Gasteiger partial charge is 0.493 e. The Balaban J connectivity index is 1.12. The molecule has 2 heterocycles. The molecule has 0 bridgehead atoms. The van der Waals surface area contributed by atoms with E-state index in [1.54, 1.807) is 36.8 Å². The summed E-state index contributed by atoms with van der Waals surface area (Å²) in [4.78, 5) is 45.8. The van der Waals surface area contributed by atoms with E-state index in [-0.39, 0.29) is 28.0 Å². The summed E-state index contributed by atoms with van der Waals surface area (Å²) in [5.41, 5.74) is 4.16. The van der Waals surface area contributed by atoms with Crippen LogP contribution in [0.4, 0.5) is 11.4 Å². The van der Waals surface area contributed by atoms with E-state index in [0.717, 1.165) is 36.8 Å². The van der Waals surface area contributed by atoms with E-state index in [1.165, 1.54) is 31.9 Å². The van der Waals surface area contributed by atoms with Crippen LogP contribution >= 0.6 is 0 Å². The van der Waals surface area contributed by atoms with Gasteiger partial charge in [-0.1, -0.05) is 36.4 Å². The number of anilines is 2. The molecule has 0 aliphatic carbocycles. The summed E-state index contributed by atoms with van der Waals surface area (Å²) in [6, 6.07) is 26.7. The fourth-order valence-electron chi connectivity index (χ4n) is 5.46. The lowest BCUT2D eigenvalue weighted by Crippen LogP contribution is -2.21. The molecule has 2 amide bonds. The number of ether oxygens (including phenoxy) is 2. The van der Waals surface area contributed by atoms with E-state index in [1.807, 2.05) is 35.0 Å². The van der Waals surface area contributed by atoms with Crippen LogP contribution in [-0.2, 0) is 13.0 Å². The second-order valence-electron chi connectivity index (χ2n) is 11.5. The van der Waals surface area contributed by atoms with Crippen molar-refractivity contribution < 1.29 is 23.5 Å². The number of likely N-dealkylation sites (N-methyl/N-ethyl adjacent to an activating group) is 1. The van der Waals surface area contributed by atoms with Gasteiger partial charge in [0, 0.05) is 49.0 Å². The summed E-state index contributed by atoms with van der Waals surface area (Å²) in [5.74, 6) is -0.787. The van der Waals surface area contributed by atoms with Crippen LogP contribution in [0, 0.1) is 0 Å². The molecule has 0 aliphatic rings. The molecule has 49 heavy (non-hydrogen) atoms. The standard InChI is InChI=1S/C38H35N5O6/c1-42(23-26-7-6-8-28(19-26)43-18-16-39-24-43)17-15-25-11-13-27(14-12-25)40-37(45)30-20-34(47-2)35(48-3)21-31(30)41-38(46)36-22-32(44)29-9-4-5-10-33(29)49-36/h4-14,16,18-22,24H,15,17,23H2,1-3H3,(H,40,45)(H,41,46). The Kier molecular flexibility index (Phi) is 9.82. The van der Waals surface area contributed by atoms with Gasteiger partial charge in [-0.2, -0.15) is 0 Å². The Bertz CT molecular complexity index is 2160. The van der Waals surface area contributed by atoms with Gasteiger partial charge in [-0.05, 0) is 67.1 Å². The lowest BCUT2D eigenvalue weighted by Gasteiger charge is -2.18. The molecule has 0 unspecified atom stereocenters. The monoisotopic (exact) mass is 657 g/mol. The van der Waals surface area contributed by atoms with Crippen LogP contribution in [0.1, 0.15) is 32.0 Å². The van der Waals surface area contributed by atoms with Gasteiger partial charge in [0.25, 0.3) is 11.8 Å². The van der Waals surface area contributed by atoms with Gasteiger partial charge in [0.05, 0.1) is 37.2 Å². The van der Waals surface area contributed by atoms with Crippen molar-refractivity contribution in [1.29, 1.82) is 0 Å². The average molecular weight is 658 g/mol. The predicted molar refractivity (Wildman–Crippen MR) is 188 cm³/mol. The molecule has 6 aromatic rings. The number of methoxy groups -OCH3 is 2. The van der Waals surface area contributed by atoms with Crippen LogP contribution in [0.5, 0.6) is 11.5 Å². The first-order valence-corrected chi connectivity index (χ1v) is 15.6. The molecule has 0 spiro atoms. The molecule has 0 aliphatic heterocycles. The highest BCUT2D eigenvalue weighted by atomic mass is 16.5. The maximum Gasteiger partial charge on any atom is 0.291 e. The maximum absolute atomic E-state index is 13.6. The number of nitrogens with one attached hydrogen (secondary N) is 2. The molecule has 248 valence electrons. The highest BCUT2D eigenvalue weighted by Crippen LogP contribution is 2.34. The van der Waals surface area contributed by atoms with Crippen LogP contribution in [0.2, 0.25) is 0 Å². The first-order chi connectivity index (χ1) is 23.8. The van der Waals surface area contributed by atoms with Gasteiger partial charge in [0.2, 0.25) is 0 Å². The fraction of sp³-hybridized carbons (Fsp3) is 0.158. The van der Waals surface area contributed by atoms with Crippen molar-refractivity contribution in [2.75, 3.05) is 38.4 Å². The number of hydrogen-bond donors (Lipinski definition) is 2. The Labute approximate surface area is 282 Å². The molecular formula is C38H35N5O6. The van der Waals surface area contributed by atoms with Crippen molar-refractivity contribution in [1.82, 2.24) is 14.5 Å². The van der Waals surface area contributed by atoms with Crippen LogP contribution in [-0.4, -0.2) is 54.1 Å². The Morgan fingerprint density at radius 3 is 2.39 bits per heavy atom. The molecule has 6 rings (SSSR count). The molecule has 11 heteroatoms. The van der Waals surface area contributed by atoms with Gasteiger partial charge in [0.1, 0.15) is 5.58 Å². The summed E-state index contributed by atoms with van der Waals surface area (Å²) in [5, 5.41) is 5.95. The normalized spacial score (nSPS) is 11.0. The Hall–Kier alpha value is -6.20. The summed E-state index contributed by atoms with van der Waals surface area (Å²) in [7, 11) is 4.99. The molecule has 4 aromatic carbocycles. The van der Waals surface area contributed by atoms with Gasteiger partial charge < -0.3 is 34.0 Å². The molecular weight excluding hydrogens is 622 g/mol. The van der Waals surface area contributed by atoms with E-state index >= 15 is 0 Å². The second kappa shape index (κ2) is 14.7. The van der Waals surface area contributed by atoms with Crippen LogP contribution < -0.4 is 25.5 Å².